The standard InChI is InChI=1S/C20H24N2O4/c23-19(17-4-3-13-24-17)22-11-8-20(9-12-22)16(7-15-26-20)6-14-25-18-5-1-2-10-21-18/h1-5,10,13,16H,6-9,11-12,14-15H2/t16-/m0/s1. The highest BCUT2D eigenvalue weighted by molar-refractivity contribution is 5.91. The average molecular weight is 356 g/mol. The van der Waals surface area contributed by atoms with Crippen LogP contribution in [-0.4, -0.2) is 47.7 Å². The number of likely N-dealkylation sites (tertiary alicyclic amines) is 1. The minimum Gasteiger partial charge on any atom is -0.478 e. The molecule has 0 unspecified atom stereocenters. The summed E-state index contributed by atoms with van der Waals surface area (Å²) < 4.78 is 17.2. The predicted molar refractivity (Wildman–Crippen MR) is 95.0 cm³/mol. The monoisotopic (exact) mass is 356 g/mol. The molecule has 2 aromatic rings. The van der Waals surface area contributed by atoms with Crippen LogP contribution in [0, 0.1) is 5.92 Å². The van der Waals surface area contributed by atoms with Crippen molar-refractivity contribution in [2.45, 2.75) is 31.3 Å². The fourth-order valence-electron chi connectivity index (χ4n) is 4.13. The van der Waals surface area contributed by atoms with E-state index in [9.17, 15) is 4.79 Å². The van der Waals surface area contributed by atoms with Crippen molar-refractivity contribution in [1.29, 1.82) is 0 Å². The quantitative estimate of drug-likeness (QED) is 0.823. The Labute approximate surface area is 153 Å². The second-order valence-electron chi connectivity index (χ2n) is 6.97. The smallest absolute Gasteiger partial charge is 0.289 e. The van der Waals surface area contributed by atoms with E-state index >= 15 is 0 Å². The van der Waals surface area contributed by atoms with Gasteiger partial charge in [-0.3, -0.25) is 4.79 Å². The van der Waals surface area contributed by atoms with Gasteiger partial charge in [-0.1, -0.05) is 6.07 Å². The minimum absolute atomic E-state index is 0.0297. The van der Waals surface area contributed by atoms with Crippen molar-refractivity contribution >= 4 is 5.91 Å². The molecule has 2 aliphatic rings. The molecular weight excluding hydrogens is 332 g/mol. The third-order valence-electron chi connectivity index (χ3n) is 5.58. The number of piperidine rings is 1. The van der Waals surface area contributed by atoms with Gasteiger partial charge in [0.05, 0.1) is 18.5 Å². The van der Waals surface area contributed by atoms with E-state index in [1.165, 1.54) is 6.26 Å². The Balaban J connectivity index is 1.31. The number of hydrogen-bond acceptors (Lipinski definition) is 5. The van der Waals surface area contributed by atoms with Crippen LogP contribution in [0.2, 0.25) is 0 Å². The van der Waals surface area contributed by atoms with E-state index in [1.54, 1.807) is 18.3 Å². The SMILES string of the molecule is O=C(c1ccco1)N1CCC2(CC1)OCC[C@@H]2CCOc1ccccn1. The molecule has 2 saturated heterocycles. The van der Waals surface area contributed by atoms with Crippen LogP contribution in [0.5, 0.6) is 5.88 Å². The molecule has 1 spiro atoms. The highest BCUT2D eigenvalue weighted by atomic mass is 16.5. The molecule has 1 atom stereocenters. The normalized spacial score (nSPS) is 21.8. The Kier molecular flexibility index (Phi) is 4.93. The molecular formula is C20H24N2O4. The van der Waals surface area contributed by atoms with Crippen molar-refractivity contribution in [1.82, 2.24) is 9.88 Å². The van der Waals surface area contributed by atoms with Gasteiger partial charge >= 0.3 is 0 Å². The van der Waals surface area contributed by atoms with E-state index in [0.29, 0.717) is 37.3 Å². The minimum atomic E-state index is -0.118. The molecule has 2 fully saturated rings. The number of hydrogen-bond donors (Lipinski definition) is 0. The number of amides is 1. The van der Waals surface area contributed by atoms with Crippen LogP contribution in [-0.2, 0) is 4.74 Å². The summed E-state index contributed by atoms with van der Waals surface area (Å²) in [5.41, 5.74) is -0.118. The number of pyridine rings is 1. The van der Waals surface area contributed by atoms with E-state index in [-0.39, 0.29) is 11.5 Å². The molecule has 6 nitrogen and oxygen atoms in total. The second kappa shape index (κ2) is 7.50. The summed E-state index contributed by atoms with van der Waals surface area (Å²) in [6, 6.07) is 9.14. The molecule has 0 saturated carbocycles. The van der Waals surface area contributed by atoms with Crippen molar-refractivity contribution in [3.63, 3.8) is 0 Å². The fraction of sp³-hybridized carbons (Fsp3) is 0.500. The average Bonchev–Trinajstić information content (AvgIpc) is 3.34. The van der Waals surface area contributed by atoms with E-state index in [4.69, 9.17) is 13.9 Å². The first-order chi connectivity index (χ1) is 12.8. The summed E-state index contributed by atoms with van der Waals surface area (Å²) in [6.07, 6.45) is 7.01. The van der Waals surface area contributed by atoms with Crippen LogP contribution in [0.1, 0.15) is 36.2 Å². The maximum absolute atomic E-state index is 12.4. The van der Waals surface area contributed by atoms with Gasteiger partial charge in [-0.2, -0.15) is 0 Å². The van der Waals surface area contributed by atoms with Gasteiger partial charge in [0.15, 0.2) is 5.76 Å². The lowest BCUT2D eigenvalue weighted by Crippen LogP contribution is -2.49. The lowest BCUT2D eigenvalue weighted by Gasteiger charge is -2.42. The number of rotatable bonds is 5. The zero-order chi connectivity index (χ0) is 17.8. The van der Waals surface area contributed by atoms with Crippen LogP contribution in [0.25, 0.3) is 0 Å². The Bertz CT molecular complexity index is 709. The van der Waals surface area contributed by atoms with Crippen LogP contribution in [0.15, 0.2) is 47.2 Å². The third kappa shape index (κ3) is 3.46. The molecule has 2 aromatic heterocycles. The molecule has 2 aliphatic heterocycles. The molecule has 0 N–H and O–H groups in total. The van der Waals surface area contributed by atoms with Gasteiger partial charge < -0.3 is 18.8 Å². The van der Waals surface area contributed by atoms with Crippen LogP contribution in [0.4, 0.5) is 0 Å². The van der Waals surface area contributed by atoms with Gasteiger partial charge in [-0.25, -0.2) is 4.98 Å². The van der Waals surface area contributed by atoms with Crippen LogP contribution >= 0.6 is 0 Å². The Morgan fingerprint density at radius 2 is 2.15 bits per heavy atom. The molecule has 0 bridgehead atoms. The number of carbonyl (C=O) groups excluding carboxylic acids is 1. The van der Waals surface area contributed by atoms with Gasteiger partial charge in [-0.15, -0.1) is 0 Å². The zero-order valence-corrected chi connectivity index (χ0v) is 14.8. The Morgan fingerprint density at radius 1 is 1.27 bits per heavy atom. The molecule has 4 heterocycles. The number of aromatic nitrogens is 1. The lowest BCUT2D eigenvalue weighted by molar-refractivity contribution is -0.0652. The Morgan fingerprint density at radius 3 is 2.88 bits per heavy atom. The van der Waals surface area contributed by atoms with E-state index in [0.717, 1.165) is 32.3 Å². The summed E-state index contributed by atoms with van der Waals surface area (Å²) in [7, 11) is 0. The molecule has 0 radical (unpaired) electrons. The Hall–Kier alpha value is -2.34. The summed E-state index contributed by atoms with van der Waals surface area (Å²) in [4.78, 5) is 18.5. The second-order valence-corrected chi connectivity index (χ2v) is 6.97. The third-order valence-corrected chi connectivity index (χ3v) is 5.58. The molecule has 1 amide bonds. The fourth-order valence-corrected chi connectivity index (χ4v) is 4.13. The molecule has 26 heavy (non-hydrogen) atoms. The maximum atomic E-state index is 12.4. The first kappa shape index (κ1) is 17.1. The summed E-state index contributed by atoms with van der Waals surface area (Å²) in [5.74, 6) is 1.51. The number of ether oxygens (including phenoxy) is 2. The summed E-state index contributed by atoms with van der Waals surface area (Å²) in [5, 5.41) is 0. The van der Waals surface area contributed by atoms with E-state index in [2.05, 4.69) is 4.98 Å². The maximum Gasteiger partial charge on any atom is 0.289 e. The van der Waals surface area contributed by atoms with E-state index in [1.807, 2.05) is 23.1 Å². The van der Waals surface area contributed by atoms with Gasteiger partial charge in [0.2, 0.25) is 5.88 Å². The lowest BCUT2D eigenvalue weighted by atomic mass is 9.78. The van der Waals surface area contributed by atoms with E-state index < -0.39 is 0 Å². The first-order valence-corrected chi connectivity index (χ1v) is 9.27. The highest BCUT2D eigenvalue weighted by Gasteiger charge is 2.46. The molecule has 138 valence electrons. The van der Waals surface area contributed by atoms with Crippen LogP contribution in [0.3, 0.4) is 0 Å². The number of furan rings is 1. The largest absolute Gasteiger partial charge is 0.478 e. The molecule has 6 heteroatoms. The van der Waals surface area contributed by atoms with Crippen molar-refractivity contribution in [3.8, 4) is 5.88 Å². The van der Waals surface area contributed by atoms with Crippen molar-refractivity contribution < 1.29 is 18.7 Å². The van der Waals surface area contributed by atoms with Crippen LogP contribution < -0.4 is 4.74 Å². The number of nitrogens with zero attached hydrogens (tertiary/aromatic N) is 2. The van der Waals surface area contributed by atoms with Crippen molar-refractivity contribution in [2.75, 3.05) is 26.3 Å². The summed E-state index contributed by atoms with van der Waals surface area (Å²) in [6.45, 7) is 2.84. The van der Waals surface area contributed by atoms with Gasteiger partial charge in [0, 0.05) is 32.0 Å². The molecule has 0 aromatic carbocycles. The zero-order valence-electron chi connectivity index (χ0n) is 14.8. The van der Waals surface area contributed by atoms with Gasteiger partial charge in [0.25, 0.3) is 5.91 Å². The highest BCUT2D eigenvalue weighted by Crippen LogP contribution is 2.42. The predicted octanol–water partition coefficient (Wildman–Crippen LogP) is 3.16. The van der Waals surface area contributed by atoms with Gasteiger partial charge in [0.1, 0.15) is 0 Å². The first-order valence-electron chi connectivity index (χ1n) is 9.27. The molecule has 0 aliphatic carbocycles. The number of carbonyl (C=O) groups is 1. The molecule has 4 rings (SSSR count). The van der Waals surface area contributed by atoms with Gasteiger partial charge in [-0.05, 0) is 49.8 Å². The van der Waals surface area contributed by atoms with Crippen molar-refractivity contribution in [3.05, 3.63) is 48.6 Å². The van der Waals surface area contributed by atoms with Crippen molar-refractivity contribution in [2.24, 2.45) is 5.92 Å². The topological polar surface area (TPSA) is 64.8 Å². The summed E-state index contributed by atoms with van der Waals surface area (Å²) >= 11 is 0.